The summed E-state index contributed by atoms with van der Waals surface area (Å²) >= 11 is 1.41. The molecule has 2 aromatic heterocycles. The van der Waals surface area contributed by atoms with Gasteiger partial charge in [-0.15, -0.1) is 29.6 Å². The van der Waals surface area contributed by atoms with Crippen molar-refractivity contribution < 1.29 is 23.0 Å². The number of aryl methyl sites for hydroxylation is 2. The maximum Gasteiger partial charge on any atom is 0.573 e. The molecule has 0 bridgehead atoms. The number of hydrogen-bond donors (Lipinski definition) is 2. The Morgan fingerprint density at radius 3 is 2.46 bits per heavy atom. The summed E-state index contributed by atoms with van der Waals surface area (Å²) in [6.07, 6.45) is -3.22. The highest BCUT2D eigenvalue weighted by molar-refractivity contribution is 7.07. The smallest absolute Gasteiger partial charge is 0.406 e. The molecule has 0 spiro atoms. The van der Waals surface area contributed by atoms with Crippen molar-refractivity contribution in [1.82, 2.24) is 24.6 Å². The quantitative estimate of drug-likeness (QED) is 0.135. The predicted octanol–water partition coefficient (Wildman–Crippen LogP) is 6.76. The van der Waals surface area contributed by atoms with E-state index in [0.717, 1.165) is 11.4 Å². The highest BCUT2D eigenvalue weighted by atomic mass is 32.1. The summed E-state index contributed by atoms with van der Waals surface area (Å²) < 4.78 is 44.7. The molecule has 2 heterocycles. The van der Waals surface area contributed by atoms with Crippen LogP contribution in [0.25, 0.3) is 28.3 Å². The van der Waals surface area contributed by atoms with Crippen LogP contribution < -0.4 is 14.9 Å². The number of thiazole rings is 1. The lowest BCUT2D eigenvalue weighted by molar-refractivity contribution is -0.274. The number of aromatic nitrogens is 4. The standard InChI is InChI=1S/C33H30F3N7O2S/c1-20(2)29-21(3)6-5-7-28(29)43-22(4)18-46-32(43)40-31(44)38-17-25(16-37)23-8-10-24(11-9-23)30-39-19-42(41-30)26-12-14-27(15-13-26)45-33(34,35)36/h5-15,17-20,31,38,44H,1-4H3/b25-17+,40-32-. The van der Waals surface area contributed by atoms with Crippen molar-refractivity contribution in [3.8, 4) is 34.6 Å². The fourth-order valence-electron chi connectivity index (χ4n) is 4.99. The predicted molar refractivity (Wildman–Crippen MR) is 169 cm³/mol. The van der Waals surface area contributed by atoms with Crippen molar-refractivity contribution in [2.75, 3.05) is 0 Å². The Labute approximate surface area is 267 Å². The molecule has 0 aliphatic carbocycles. The molecule has 9 nitrogen and oxygen atoms in total. The van der Waals surface area contributed by atoms with Gasteiger partial charge in [0, 0.05) is 22.8 Å². The fourth-order valence-corrected chi connectivity index (χ4v) is 5.88. The van der Waals surface area contributed by atoms with Crippen molar-refractivity contribution in [3.63, 3.8) is 0 Å². The van der Waals surface area contributed by atoms with Gasteiger partial charge in [0.05, 0.1) is 16.9 Å². The third kappa shape index (κ3) is 7.36. The summed E-state index contributed by atoms with van der Waals surface area (Å²) in [4.78, 5) is 9.39. The van der Waals surface area contributed by atoms with E-state index in [4.69, 9.17) is 0 Å². The molecule has 3 aromatic carbocycles. The lowest BCUT2D eigenvalue weighted by Gasteiger charge is -2.18. The Kier molecular flexibility index (Phi) is 9.41. The zero-order valence-corrected chi connectivity index (χ0v) is 26.1. The first-order chi connectivity index (χ1) is 21.9. The summed E-state index contributed by atoms with van der Waals surface area (Å²) in [6.45, 7) is 8.37. The molecular weight excluding hydrogens is 615 g/mol. The van der Waals surface area contributed by atoms with Crippen molar-refractivity contribution in [1.29, 1.82) is 5.26 Å². The van der Waals surface area contributed by atoms with Crippen LogP contribution in [-0.2, 0) is 0 Å². The summed E-state index contributed by atoms with van der Waals surface area (Å²) in [6, 6.07) is 20.5. The van der Waals surface area contributed by atoms with E-state index in [1.807, 2.05) is 29.0 Å². The number of benzene rings is 3. The molecular formula is C33H30F3N7O2S. The number of ether oxygens (including phenoxy) is 1. The van der Waals surface area contributed by atoms with Crippen LogP contribution in [0.4, 0.5) is 13.2 Å². The molecule has 0 aliphatic heterocycles. The Hall–Kier alpha value is -5.19. The summed E-state index contributed by atoms with van der Waals surface area (Å²) in [5.41, 5.74) is 6.42. The van der Waals surface area contributed by atoms with Gasteiger partial charge in [-0.3, -0.25) is 4.57 Å². The van der Waals surface area contributed by atoms with Crippen LogP contribution >= 0.6 is 11.3 Å². The summed E-state index contributed by atoms with van der Waals surface area (Å²) in [5, 5.41) is 29.7. The van der Waals surface area contributed by atoms with Crippen LogP contribution in [0.5, 0.6) is 5.75 Å². The number of nitriles is 1. The fraction of sp³-hybridized carbons (Fsp3) is 0.212. The van der Waals surface area contributed by atoms with Crippen molar-refractivity contribution in [2.45, 2.75) is 46.3 Å². The molecule has 13 heteroatoms. The number of rotatable bonds is 9. The van der Waals surface area contributed by atoms with Gasteiger partial charge in [0.2, 0.25) is 6.35 Å². The molecule has 0 saturated carbocycles. The number of allylic oxidation sites excluding steroid dienone is 1. The Balaban J connectivity index is 1.31. The van der Waals surface area contributed by atoms with Crippen LogP contribution in [0, 0.1) is 25.2 Å². The zero-order valence-electron chi connectivity index (χ0n) is 25.3. The number of nitrogens with zero attached hydrogens (tertiary/aromatic N) is 6. The second-order valence-corrected chi connectivity index (χ2v) is 11.5. The van der Waals surface area contributed by atoms with Gasteiger partial charge in [0.25, 0.3) is 0 Å². The summed E-state index contributed by atoms with van der Waals surface area (Å²) in [7, 11) is 0. The molecule has 0 saturated heterocycles. The third-order valence-electron chi connectivity index (χ3n) is 7.01. The maximum atomic E-state index is 12.4. The molecule has 0 amide bonds. The van der Waals surface area contributed by atoms with Gasteiger partial charge in [0.1, 0.15) is 18.1 Å². The van der Waals surface area contributed by atoms with Crippen molar-refractivity contribution in [2.24, 2.45) is 4.99 Å². The van der Waals surface area contributed by atoms with Crippen LogP contribution in [0.1, 0.15) is 42.1 Å². The molecule has 1 atom stereocenters. The largest absolute Gasteiger partial charge is 0.573 e. The topological polar surface area (TPSA) is 113 Å². The molecule has 2 N–H and O–H groups in total. The first-order valence-corrected chi connectivity index (χ1v) is 15.1. The van der Waals surface area contributed by atoms with Crippen molar-refractivity contribution >= 4 is 16.9 Å². The molecule has 5 rings (SSSR count). The monoisotopic (exact) mass is 645 g/mol. The first kappa shape index (κ1) is 32.2. The zero-order chi connectivity index (χ0) is 33.0. The van der Waals surface area contributed by atoms with Gasteiger partial charge in [0.15, 0.2) is 10.6 Å². The van der Waals surface area contributed by atoms with Gasteiger partial charge in [-0.1, -0.05) is 50.2 Å². The van der Waals surface area contributed by atoms with E-state index in [0.29, 0.717) is 33.4 Å². The van der Waals surface area contributed by atoms with Crippen molar-refractivity contribution in [3.05, 3.63) is 112 Å². The van der Waals surface area contributed by atoms with Crippen LogP contribution in [0.2, 0.25) is 0 Å². The molecule has 0 radical (unpaired) electrons. The van der Waals surface area contributed by atoms with Gasteiger partial charge >= 0.3 is 6.36 Å². The van der Waals surface area contributed by atoms with E-state index in [2.05, 4.69) is 58.0 Å². The second-order valence-electron chi connectivity index (χ2n) is 10.6. The second kappa shape index (κ2) is 13.4. The van der Waals surface area contributed by atoms with Gasteiger partial charge in [-0.25, -0.2) is 14.7 Å². The van der Waals surface area contributed by atoms with E-state index in [1.54, 1.807) is 24.3 Å². The van der Waals surface area contributed by atoms with Gasteiger partial charge < -0.3 is 15.2 Å². The average molecular weight is 646 g/mol. The molecule has 1 unspecified atom stereocenters. The summed E-state index contributed by atoms with van der Waals surface area (Å²) in [5.74, 6) is 0.336. The molecule has 0 fully saturated rings. The van der Waals surface area contributed by atoms with E-state index >= 15 is 0 Å². The Morgan fingerprint density at radius 1 is 1.09 bits per heavy atom. The number of hydrogen-bond acceptors (Lipinski definition) is 8. The maximum absolute atomic E-state index is 12.4. The van der Waals surface area contributed by atoms with E-state index in [-0.39, 0.29) is 11.3 Å². The molecule has 5 aromatic rings. The highest BCUT2D eigenvalue weighted by Crippen LogP contribution is 2.28. The molecule has 0 aliphatic rings. The van der Waals surface area contributed by atoms with Crippen LogP contribution in [0.15, 0.2) is 89.6 Å². The highest BCUT2D eigenvalue weighted by Gasteiger charge is 2.31. The third-order valence-corrected chi connectivity index (χ3v) is 7.97. The van der Waals surface area contributed by atoms with E-state index < -0.39 is 12.7 Å². The Bertz CT molecular complexity index is 1970. The molecule has 236 valence electrons. The minimum Gasteiger partial charge on any atom is -0.406 e. The van der Waals surface area contributed by atoms with Gasteiger partial charge in [-0.2, -0.15) is 5.26 Å². The number of halogens is 3. The number of aliphatic hydroxyl groups excluding tert-OH is 1. The normalized spacial score (nSPS) is 13.1. The minimum absolute atomic E-state index is 0.275. The number of nitrogens with one attached hydrogen (secondary N) is 1. The van der Waals surface area contributed by atoms with Gasteiger partial charge in [-0.05, 0) is 66.8 Å². The average Bonchev–Trinajstić information content (AvgIpc) is 3.64. The lowest BCUT2D eigenvalue weighted by atomic mass is 9.96. The van der Waals surface area contributed by atoms with E-state index in [1.165, 1.54) is 63.9 Å². The SMILES string of the molecule is Cc1cccc(-n2c(C)cs/c2=N\C(O)N/C=C(\C#N)c2ccc(-c3ncn(-c4ccc(OC(F)(F)F)cc4)n3)cc2)c1C(C)C. The number of alkyl halides is 3. The lowest BCUT2D eigenvalue weighted by Crippen LogP contribution is -2.27. The number of aliphatic hydroxyl groups is 1. The minimum atomic E-state index is -4.77. The molecule has 46 heavy (non-hydrogen) atoms. The Morgan fingerprint density at radius 2 is 1.80 bits per heavy atom. The first-order valence-electron chi connectivity index (χ1n) is 14.2. The van der Waals surface area contributed by atoms with Crippen LogP contribution in [-0.4, -0.2) is 37.2 Å². The van der Waals surface area contributed by atoms with E-state index in [9.17, 15) is 23.5 Å². The van der Waals surface area contributed by atoms with Crippen LogP contribution in [0.3, 0.4) is 0 Å².